The maximum absolute atomic E-state index is 11.3. The van der Waals surface area contributed by atoms with Crippen LogP contribution < -0.4 is 10.1 Å². The molecule has 5 nitrogen and oxygen atoms in total. The summed E-state index contributed by atoms with van der Waals surface area (Å²) in [6.07, 6.45) is 0. The van der Waals surface area contributed by atoms with Gasteiger partial charge in [-0.25, -0.2) is 4.79 Å². The Morgan fingerprint density at radius 2 is 2.24 bits per heavy atom. The van der Waals surface area contributed by atoms with Crippen molar-refractivity contribution in [3.63, 3.8) is 0 Å². The summed E-state index contributed by atoms with van der Waals surface area (Å²) in [5, 5.41) is 20.9. The van der Waals surface area contributed by atoms with Gasteiger partial charge >= 0.3 is 5.97 Å². The number of rotatable bonds is 6. The maximum Gasteiger partial charge on any atom is 0.328 e. The molecule has 1 unspecified atom stereocenters. The number of aliphatic carboxylic acids is 1. The van der Waals surface area contributed by atoms with Gasteiger partial charge in [0.25, 0.3) is 0 Å². The summed E-state index contributed by atoms with van der Waals surface area (Å²) >= 11 is 0. The van der Waals surface area contributed by atoms with Crippen LogP contribution in [0.15, 0.2) is 24.3 Å². The quantitative estimate of drug-likeness (QED) is 0.676. The van der Waals surface area contributed by atoms with Crippen LogP contribution in [0.5, 0.6) is 5.75 Å². The van der Waals surface area contributed by atoms with Gasteiger partial charge in [0.05, 0.1) is 13.7 Å². The van der Waals surface area contributed by atoms with E-state index in [0.717, 1.165) is 0 Å². The highest BCUT2D eigenvalue weighted by Gasteiger charge is 2.34. The molecule has 0 radical (unpaired) electrons. The Morgan fingerprint density at radius 1 is 1.53 bits per heavy atom. The highest BCUT2D eigenvalue weighted by molar-refractivity contribution is 5.80. The Labute approximate surface area is 100 Å². The fourth-order valence-corrected chi connectivity index (χ4v) is 1.54. The van der Waals surface area contributed by atoms with E-state index < -0.39 is 11.5 Å². The molecule has 5 heteroatoms. The Balaban J connectivity index is 3.08. The topological polar surface area (TPSA) is 78.8 Å². The average molecular weight is 239 g/mol. The molecule has 94 valence electrons. The molecule has 1 rings (SSSR count). The third-order valence-electron chi connectivity index (χ3n) is 2.67. The van der Waals surface area contributed by atoms with Gasteiger partial charge in [0.15, 0.2) is 0 Å². The van der Waals surface area contributed by atoms with Crippen molar-refractivity contribution in [1.82, 2.24) is 5.32 Å². The molecule has 0 amide bonds. The minimum absolute atomic E-state index is 0.118. The zero-order valence-electron chi connectivity index (χ0n) is 9.93. The average Bonchev–Trinajstić information content (AvgIpc) is 2.35. The normalized spacial score (nSPS) is 14.1. The number of benzene rings is 1. The zero-order chi connectivity index (χ0) is 12.9. The van der Waals surface area contributed by atoms with Crippen LogP contribution in [0.25, 0.3) is 0 Å². The number of ether oxygens (including phenoxy) is 1. The first-order valence-electron chi connectivity index (χ1n) is 5.28. The molecule has 17 heavy (non-hydrogen) atoms. The van der Waals surface area contributed by atoms with Crippen molar-refractivity contribution in [2.75, 3.05) is 20.3 Å². The van der Waals surface area contributed by atoms with E-state index in [4.69, 9.17) is 9.84 Å². The molecule has 0 spiro atoms. The van der Waals surface area contributed by atoms with Crippen LogP contribution in [-0.2, 0) is 10.3 Å². The van der Waals surface area contributed by atoms with Gasteiger partial charge in [0.2, 0.25) is 0 Å². The first-order valence-corrected chi connectivity index (χ1v) is 5.28. The summed E-state index contributed by atoms with van der Waals surface area (Å²) in [6, 6.07) is 6.85. The number of carboxylic acid groups (broad SMARTS) is 1. The van der Waals surface area contributed by atoms with Crippen LogP contribution in [0.1, 0.15) is 12.5 Å². The monoisotopic (exact) mass is 239 g/mol. The van der Waals surface area contributed by atoms with Crippen LogP contribution in [0.2, 0.25) is 0 Å². The summed E-state index contributed by atoms with van der Waals surface area (Å²) in [7, 11) is 1.53. The largest absolute Gasteiger partial charge is 0.497 e. The summed E-state index contributed by atoms with van der Waals surface area (Å²) in [6.45, 7) is 1.65. The molecule has 0 saturated heterocycles. The van der Waals surface area contributed by atoms with E-state index in [9.17, 15) is 9.90 Å². The van der Waals surface area contributed by atoms with E-state index in [1.165, 1.54) is 7.11 Å². The zero-order valence-corrected chi connectivity index (χ0v) is 9.93. The minimum Gasteiger partial charge on any atom is -0.497 e. The Morgan fingerprint density at radius 3 is 2.76 bits per heavy atom. The second-order valence-electron chi connectivity index (χ2n) is 3.81. The molecule has 0 aliphatic rings. The van der Waals surface area contributed by atoms with Crippen LogP contribution in [0.3, 0.4) is 0 Å². The second kappa shape index (κ2) is 5.65. The molecule has 0 saturated carbocycles. The van der Waals surface area contributed by atoms with Gasteiger partial charge in [-0.15, -0.1) is 0 Å². The highest BCUT2D eigenvalue weighted by atomic mass is 16.5. The number of aliphatic hydroxyl groups excluding tert-OH is 1. The van der Waals surface area contributed by atoms with Crippen molar-refractivity contribution in [2.24, 2.45) is 0 Å². The van der Waals surface area contributed by atoms with Crippen LogP contribution in [0, 0.1) is 0 Å². The number of hydrogen-bond acceptors (Lipinski definition) is 4. The molecule has 0 bridgehead atoms. The van der Waals surface area contributed by atoms with Crippen molar-refractivity contribution in [3.05, 3.63) is 29.8 Å². The number of carboxylic acids is 1. The molecular formula is C12H17NO4. The SMILES string of the molecule is COc1cccc(C(C)(NCCO)C(=O)O)c1. The summed E-state index contributed by atoms with van der Waals surface area (Å²) < 4.78 is 5.06. The first-order chi connectivity index (χ1) is 8.04. The standard InChI is InChI=1S/C12H17NO4/c1-12(11(15)16,13-6-7-14)9-4-3-5-10(8-9)17-2/h3-5,8,13-14H,6-7H2,1-2H3,(H,15,16). The molecule has 0 aromatic heterocycles. The number of hydrogen-bond donors (Lipinski definition) is 3. The van der Waals surface area contributed by atoms with E-state index in [-0.39, 0.29) is 13.2 Å². The number of methoxy groups -OCH3 is 1. The molecule has 0 fully saturated rings. The van der Waals surface area contributed by atoms with Gasteiger partial charge in [0, 0.05) is 6.54 Å². The fraction of sp³-hybridized carbons (Fsp3) is 0.417. The molecule has 1 atom stereocenters. The molecule has 0 aliphatic heterocycles. The Kier molecular flexibility index (Phi) is 4.48. The van der Waals surface area contributed by atoms with Gasteiger partial charge in [0.1, 0.15) is 11.3 Å². The van der Waals surface area contributed by atoms with E-state index in [1.807, 2.05) is 0 Å². The lowest BCUT2D eigenvalue weighted by Gasteiger charge is -2.26. The third kappa shape index (κ3) is 2.95. The molecule has 3 N–H and O–H groups in total. The van der Waals surface area contributed by atoms with Crippen molar-refractivity contribution in [3.8, 4) is 5.75 Å². The van der Waals surface area contributed by atoms with Crippen LogP contribution in [-0.4, -0.2) is 36.4 Å². The minimum atomic E-state index is -1.24. The predicted octanol–water partition coefficient (Wildman–Crippen LogP) is 0.577. The lowest BCUT2D eigenvalue weighted by molar-refractivity contribution is -0.144. The van der Waals surface area contributed by atoms with Crippen molar-refractivity contribution in [1.29, 1.82) is 0 Å². The molecular weight excluding hydrogens is 222 g/mol. The summed E-state index contributed by atoms with van der Waals surface area (Å²) in [5.41, 5.74) is -0.658. The molecule has 0 aliphatic carbocycles. The molecule has 1 aromatic rings. The van der Waals surface area contributed by atoms with Crippen molar-refractivity contribution >= 4 is 5.97 Å². The second-order valence-corrected chi connectivity index (χ2v) is 3.81. The van der Waals surface area contributed by atoms with Gasteiger partial charge < -0.3 is 14.9 Å². The Bertz CT molecular complexity index is 394. The van der Waals surface area contributed by atoms with E-state index in [0.29, 0.717) is 11.3 Å². The first kappa shape index (κ1) is 13.5. The molecule has 0 heterocycles. The number of carbonyl (C=O) groups is 1. The van der Waals surface area contributed by atoms with Gasteiger partial charge in [-0.3, -0.25) is 5.32 Å². The lowest BCUT2D eigenvalue weighted by atomic mass is 9.92. The van der Waals surface area contributed by atoms with E-state index >= 15 is 0 Å². The summed E-state index contributed by atoms with van der Waals surface area (Å²) in [4.78, 5) is 11.3. The molecule has 1 aromatic carbocycles. The lowest BCUT2D eigenvalue weighted by Crippen LogP contribution is -2.47. The number of nitrogens with one attached hydrogen (secondary N) is 1. The predicted molar refractivity (Wildman–Crippen MR) is 63.1 cm³/mol. The van der Waals surface area contributed by atoms with Crippen molar-refractivity contribution in [2.45, 2.75) is 12.5 Å². The Hall–Kier alpha value is -1.59. The third-order valence-corrected chi connectivity index (χ3v) is 2.67. The summed E-state index contributed by atoms with van der Waals surface area (Å²) in [5.74, 6) is -0.403. The van der Waals surface area contributed by atoms with Gasteiger partial charge in [-0.1, -0.05) is 12.1 Å². The highest BCUT2D eigenvalue weighted by Crippen LogP contribution is 2.24. The smallest absolute Gasteiger partial charge is 0.328 e. The van der Waals surface area contributed by atoms with Crippen LogP contribution in [0.4, 0.5) is 0 Å². The van der Waals surface area contributed by atoms with Gasteiger partial charge in [-0.2, -0.15) is 0 Å². The number of aliphatic hydroxyl groups is 1. The van der Waals surface area contributed by atoms with E-state index in [2.05, 4.69) is 5.32 Å². The fourth-order valence-electron chi connectivity index (χ4n) is 1.54. The maximum atomic E-state index is 11.3. The van der Waals surface area contributed by atoms with E-state index in [1.54, 1.807) is 31.2 Å². The van der Waals surface area contributed by atoms with Crippen LogP contribution >= 0.6 is 0 Å². The van der Waals surface area contributed by atoms with Crippen molar-refractivity contribution < 1.29 is 19.7 Å². The van der Waals surface area contributed by atoms with Gasteiger partial charge in [-0.05, 0) is 24.6 Å².